The first-order valence-electron chi connectivity index (χ1n) is 5.72. The highest BCUT2D eigenvalue weighted by molar-refractivity contribution is 5.94. The first-order chi connectivity index (χ1) is 7.90. The monoisotopic (exact) mass is 238 g/mol. The molecule has 17 heavy (non-hydrogen) atoms. The summed E-state index contributed by atoms with van der Waals surface area (Å²) in [6, 6.07) is 3.93. The minimum atomic E-state index is -0.527. The topological polar surface area (TPSA) is 55.1 Å². The molecule has 0 aliphatic carbocycles. The number of hydrogen-bond acceptors (Lipinski definition) is 2. The van der Waals surface area contributed by atoms with Crippen LogP contribution in [0.4, 0.5) is 10.1 Å². The minimum Gasteiger partial charge on any atom is -0.325 e. The number of carbonyl (C=O) groups is 1. The van der Waals surface area contributed by atoms with E-state index < -0.39 is 6.04 Å². The second-order valence-corrected chi connectivity index (χ2v) is 4.69. The zero-order chi connectivity index (χ0) is 13.0. The smallest absolute Gasteiger partial charge is 0.241 e. The average Bonchev–Trinajstić information content (AvgIpc) is 2.22. The lowest BCUT2D eigenvalue weighted by molar-refractivity contribution is -0.117. The highest BCUT2D eigenvalue weighted by atomic mass is 19.1. The van der Waals surface area contributed by atoms with Gasteiger partial charge in [-0.1, -0.05) is 13.8 Å². The van der Waals surface area contributed by atoms with Crippen LogP contribution < -0.4 is 11.1 Å². The van der Waals surface area contributed by atoms with E-state index in [1.54, 1.807) is 13.0 Å². The Morgan fingerprint density at radius 3 is 2.65 bits per heavy atom. The van der Waals surface area contributed by atoms with Crippen LogP contribution in [0.3, 0.4) is 0 Å². The molecule has 0 saturated carbocycles. The third-order valence-electron chi connectivity index (χ3n) is 2.49. The molecule has 0 aliphatic rings. The molecule has 0 fully saturated rings. The summed E-state index contributed by atoms with van der Waals surface area (Å²) < 4.78 is 13.0. The number of halogens is 1. The fraction of sp³-hybridized carbons (Fsp3) is 0.462. The molecule has 1 aromatic rings. The van der Waals surface area contributed by atoms with E-state index in [9.17, 15) is 9.18 Å². The summed E-state index contributed by atoms with van der Waals surface area (Å²) in [4.78, 5) is 11.7. The van der Waals surface area contributed by atoms with Crippen LogP contribution in [0.2, 0.25) is 0 Å². The molecule has 3 N–H and O–H groups in total. The first-order valence-corrected chi connectivity index (χ1v) is 5.72. The highest BCUT2D eigenvalue weighted by Gasteiger charge is 2.15. The molecule has 1 aromatic carbocycles. The van der Waals surface area contributed by atoms with Crippen molar-refractivity contribution in [2.24, 2.45) is 11.7 Å². The van der Waals surface area contributed by atoms with Crippen molar-refractivity contribution in [1.29, 1.82) is 0 Å². The van der Waals surface area contributed by atoms with Crippen LogP contribution in [0, 0.1) is 18.7 Å². The van der Waals surface area contributed by atoms with E-state index in [-0.39, 0.29) is 11.7 Å². The van der Waals surface area contributed by atoms with Crippen molar-refractivity contribution in [1.82, 2.24) is 0 Å². The predicted molar refractivity (Wildman–Crippen MR) is 67.2 cm³/mol. The molecule has 0 heterocycles. The number of amides is 1. The molecule has 0 spiro atoms. The Morgan fingerprint density at radius 1 is 1.47 bits per heavy atom. The van der Waals surface area contributed by atoms with Crippen LogP contribution in [0.25, 0.3) is 0 Å². The van der Waals surface area contributed by atoms with Gasteiger partial charge in [0.25, 0.3) is 0 Å². The van der Waals surface area contributed by atoms with Crippen LogP contribution in [0.1, 0.15) is 25.8 Å². The Bertz CT molecular complexity index is 404. The number of hydrogen-bond donors (Lipinski definition) is 2. The minimum absolute atomic E-state index is 0.232. The van der Waals surface area contributed by atoms with Crippen molar-refractivity contribution < 1.29 is 9.18 Å². The van der Waals surface area contributed by atoms with E-state index in [1.807, 2.05) is 13.8 Å². The lowest BCUT2D eigenvalue weighted by Crippen LogP contribution is -2.36. The van der Waals surface area contributed by atoms with E-state index in [2.05, 4.69) is 5.32 Å². The van der Waals surface area contributed by atoms with Gasteiger partial charge >= 0.3 is 0 Å². The number of anilines is 1. The summed E-state index contributed by atoms with van der Waals surface area (Å²) in [7, 11) is 0. The molecule has 0 unspecified atom stereocenters. The molecular formula is C13H19FN2O. The number of aryl methyl sites for hydroxylation is 1. The quantitative estimate of drug-likeness (QED) is 0.846. The van der Waals surface area contributed by atoms with Crippen molar-refractivity contribution in [3.63, 3.8) is 0 Å². The number of carbonyl (C=O) groups excluding carboxylic acids is 1. The fourth-order valence-corrected chi connectivity index (χ4v) is 1.57. The average molecular weight is 238 g/mol. The summed E-state index contributed by atoms with van der Waals surface area (Å²) in [5, 5.41) is 2.68. The zero-order valence-corrected chi connectivity index (χ0v) is 10.5. The Morgan fingerprint density at radius 2 is 2.12 bits per heavy atom. The Kier molecular flexibility index (Phi) is 4.63. The van der Waals surface area contributed by atoms with Gasteiger partial charge in [0, 0.05) is 5.69 Å². The number of nitrogens with two attached hydrogens (primary N) is 1. The molecule has 3 nitrogen and oxygen atoms in total. The maximum absolute atomic E-state index is 13.0. The fourth-order valence-electron chi connectivity index (χ4n) is 1.57. The molecule has 0 saturated heterocycles. The van der Waals surface area contributed by atoms with Crippen molar-refractivity contribution >= 4 is 11.6 Å². The molecule has 0 aliphatic heterocycles. The standard InChI is InChI=1S/C13H19FN2O/c1-8(2)6-12(15)13(17)16-10-4-5-11(14)9(3)7-10/h4-5,7-8,12H,6,15H2,1-3H3,(H,16,17)/t12-/m0/s1. The van der Waals surface area contributed by atoms with Crippen molar-refractivity contribution in [2.75, 3.05) is 5.32 Å². The van der Waals surface area contributed by atoms with E-state index in [0.717, 1.165) is 0 Å². The van der Waals surface area contributed by atoms with E-state index in [4.69, 9.17) is 5.73 Å². The van der Waals surface area contributed by atoms with Gasteiger partial charge in [0.05, 0.1) is 6.04 Å². The summed E-state index contributed by atoms with van der Waals surface area (Å²) in [6.07, 6.45) is 0.631. The highest BCUT2D eigenvalue weighted by Crippen LogP contribution is 2.14. The molecule has 0 radical (unpaired) electrons. The Labute approximate surface area is 101 Å². The third kappa shape index (κ3) is 4.15. The number of rotatable bonds is 4. The summed E-state index contributed by atoms with van der Waals surface area (Å²) in [6.45, 7) is 5.67. The Balaban J connectivity index is 2.64. The normalized spacial score (nSPS) is 12.6. The van der Waals surface area contributed by atoms with E-state index in [1.165, 1.54) is 12.1 Å². The number of nitrogens with one attached hydrogen (secondary N) is 1. The summed E-state index contributed by atoms with van der Waals surface area (Å²) in [5.41, 5.74) is 6.82. The van der Waals surface area contributed by atoms with Crippen molar-refractivity contribution in [2.45, 2.75) is 33.2 Å². The van der Waals surface area contributed by atoms with Gasteiger partial charge in [-0.3, -0.25) is 4.79 Å². The van der Waals surface area contributed by atoms with Gasteiger partial charge in [-0.25, -0.2) is 4.39 Å². The van der Waals surface area contributed by atoms with Crippen LogP contribution in [0.15, 0.2) is 18.2 Å². The maximum atomic E-state index is 13.0. The molecule has 1 atom stereocenters. The largest absolute Gasteiger partial charge is 0.325 e. The molecule has 4 heteroatoms. The van der Waals surface area contributed by atoms with Gasteiger partial charge in [0.15, 0.2) is 0 Å². The van der Waals surface area contributed by atoms with Crippen molar-refractivity contribution in [3.8, 4) is 0 Å². The lowest BCUT2D eigenvalue weighted by atomic mass is 10.0. The van der Waals surface area contributed by atoms with Gasteiger partial charge in [0.2, 0.25) is 5.91 Å². The molecular weight excluding hydrogens is 219 g/mol. The first kappa shape index (κ1) is 13.6. The van der Waals surface area contributed by atoms with Gasteiger partial charge in [-0.15, -0.1) is 0 Å². The zero-order valence-electron chi connectivity index (χ0n) is 10.5. The lowest BCUT2D eigenvalue weighted by Gasteiger charge is -2.14. The molecule has 94 valence electrons. The number of benzene rings is 1. The summed E-state index contributed by atoms with van der Waals surface area (Å²) >= 11 is 0. The molecule has 0 bridgehead atoms. The second kappa shape index (κ2) is 5.77. The Hall–Kier alpha value is -1.42. The van der Waals surface area contributed by atoms with Crippen LogP contribution in [0.5, 0.6) is 0 Å². The second-order valence-electron chi connectivity index (χ2n) is 4.69. The predicted octanol–water partition coefficient (Wildman–Crippen LogP) is 2.45. The molecule has 1 amide bonds. The van der Waals surface area contributed by atoms with Crippen LogP contribution in [-0.4, -0.2) is 11.9 Å². The maximum Gasteiger partial charge on any atom is 0.241 e. The van der Waals surface area contributed by atoms with Gasteiger partial charge in [0.1, 0.15) is 5.82 Å². The SMILES string of the molecule is Cc1cc(NC(=O)[C@@H](N)CC(C)C)ccc1F. The van der Waals surface area contributed by atoms with Gasteiger partial charge in [-0.2, -0.15) is 0 Å². The molecule has 1 rings (SSSR count). The summed E-state index contributed by atoms with van der Waals surface area (Å²) in [5.74, 6) is -0.148. The van der Waals surface area contributed by atoms with Crippen molar-refractivity contribution in [3.05, 3.63) is 29.6 Å². The van der Waals surface area contributed by atoms with Crippen LogP contribution in [-0.2, 0) is 4.79 Å². The van der Waals surface area contributed by atoms with Crippen LogP contribution >= 0.6 is 0 Å². The molecule has 0 aromatic heterocycles. The third-order valence-corrected chi connectivity index (χ3v) is 2.49. The van der Waals surface area contributed by atoms with E-state index >= 15 is 0 Å². The van der Waals surface area contributed by atoms with Gasteiger partial charge in [-0.05, 0) is 43.0 Å². The van der Waals surface area contributed by atoms with Gasteiger partial charge < -0.3 is 11.1 Å². The van der Waals surface area contributed by atoms with E-state index in [0.29, 0.717) is 23.6 Å².